The minimum atomic E-state index is 0.254. The first-order valence-electron chi connectivity index (χ1n) is 5.59. The van der Waals surface area contributed by atoms with Gasteiger partial charge in [0.2, 0.25) is 0 Å². The second kappa shape index (κ2) is 3.70. The summed E-state index contributed by atoms with van der Waals surface area (Å²) in [7, 11) is 0. The van der Waals surface area contributed by atoms with Crippen LogP contribution in [0.3, 0.4) is 0 Å². The molecule has 0 fully saturated rings. The molecule has 1 aliphatic heterocycles. The summed E-state index contributed by atoms with van der Waals surface area (Å²) in [4.78, 5) is 15.8. The van der Waals surface area contributed by atoms with Crippen molar-refractivity contribution < 1.29 is 4.79 Å². The summed E-state index contributed by atoms with van der Waals surface area (Å²) in [5, 5.41) is 0.773. The predicted octanol–water partition coefficient (Wildman–Crippen LogP) is 2.66. The number of benzene rings is 1. The van der Waals surface area contributed by atoms with Crippen LogP contribution in [-0.2, 0) is 11.2 Å². The molecule has 0 aromatic heterocycles. The lowest BCUT2D eigenvalue weighted by Crippen LogP contribution is -2.31. The predicted molar refractivity (Wildman–Crippen MR) is 64.3 cm³/mol. The molecule has 0 saturated carbocycles. The number of aryl methyl sites for hydroxylation is 1. The maximum absolute atomic E-state index is 11.4. The molecule has 0 spiro atoms. The fraction of sp³-hybridized carbons (Fsp3) is 0.385. The molecule has 0 saturated heterocycles. The van der Waals surface area contributed by atoms with E-state index in [9.17, 15) is 4.79 Å². The van der Waals surface area contributed by atoms with Crippen LogP contribution in [0.4, 0.5) is 0 Å². The molecule has 0 amide bonds. The lowest BCUT2D eigenvalue weighted by atomic mass is 9.78. The SMILES string of the molecule is O=C1CN=C2c3c(Cl)cccc3CCC2C1. The fourth-order valence-corrected chi connectivity index (χ4v) is 2.95. The van der Waals surface area contributed by atoms with Crippen molar-refractivity contribution in [3.8, 4) is 0 Å². The fourth-order valence-electron chi connectivity index (χ4n) is 2.65. The molecule has 1 heterocycles. The number of hydrogen-bond donors (Lipinski definition) is 0. The van der Waals surface area contributed by atoms with Gasteiger partial charge in [0.1, 0.15) is 0 Å². The first-order chi connectivity index (χ1) is 7.75. The van der Waals surface area contributed by atoms with Gasteiger partial charge in [0.05, 0.1) is 6.54 Å². The van der Waals surface area contributed by atoms with Crippen molar-refractivity contribution in [3.05, 3.63) is 34.3 Å². The number of halogens is 1. The summed E-state index contributed by atoms with van der Waals surface area (Å²) in [6.45, 7) is 0.330. The van der Waals surface area contributed by atoms with Crippen molar-refractivity contribution in [3.63, 3.8) is 0 Å². The van der Waals surface area contributed by atoms with Gasteiger partial charge < -0.3 is 0 Å². The number of ketones is 1. The number of rotatable bonds is 0. The van der Waals surface area contributed by atoms with Crippen molar-refractivity contribution in [2.45, 2.75) is 19.3 Å². The molecule has 16 heavy (non-hydrogen) atoms. The Bertz CT molecular complexity index is 493. The zero-order valence-electron chi connectivity index (χ0n) is 8.87. The van der Waals surface area contributed by atoms with Gasteiger partial charge in [-0.05, 0) is 24.5 Å². The maximum atomic E-state index is 11.4. The van der Waals surface area contributed by atoms with E-state index in [2.05, 4.69) is 11.1 Å². The number of hydrogen-bond acceptors (Lipinski definition) is 2. The van der Waals surface area contributed by atoms with Crippen molar-refractivity contribution >= 4 is 23.1 Å². The van der Waals surface area contributed by atoms with Crippen LogP contribution in [0.15, 0.2) is 23.2 Å². The minimum Gasteiger partial charge on any atom is -0.298 e. The van der Waals surface area contributed by atoms with Gasteiger partial charge in [-0.3, -0.25) is 9.79 Å². The number of carbonyl (C=O) groups is 1. The van der Waals surface area contributed by atoms with Crippen LogP contribution in [0.5, 0.6) is 0 Å². The van der Waals surface area contributed by atoms with E-state index in [4.69, 9.17) is 11.6 Å². The second-order valence-corrected chi connectivity index (χ2v) is 4.86. The summed E-state index contributed by atoms with van der Waals surface area (Å²) < 4.78 is 0. The van der Waals surface area contributed by atoms with Crippen molar-refractivity contribution in [1.29, 1.82) is 0 Å². The van der Waals surface area contributed by atoms with Crippen LogP contribution in [0.1, 0.15) is 24.0 Å². The molecule has 82 valence electrons. The standard InChI is InChI=1S/C13H12ClNO/c14-11-3-1-2-8-4-5-9-6-10(16)7-15-13(9)12(8)11/h1-3,9H,4-7H2. The Labute approximate surface area is 99.3 Å². The molecule has 1 atom stereocenters. The molecule has 0 N–H and O–H groups in total. The van der Waals surface area contributed by atoms with E-state index >= 15 is 0 Å². The number of carbonyl (C=O) groups excluding carboxylic acids is 1. The van der Waals surface area contributed by atoms with Gasteiger partial charge in [-0.1, -0.05) is 23.7 Å². The average Bonchev–Trinajstić information content (AvgIpc) is 2.29. The van der Waals surface area contributed by atoms with Gasteiger partial charge in [0.25, 0.3) is 0 Å². The molecule has 3 rings (SSSR count). The van der Waals surface area contributed by atoms with Crippen LogP contribution in [0.2, 0.25) is 5.02 Å². The van der Waals surface area contributed by atoms with Crippen molar-refractivity contribution in [2.24, 2.45) is 10.9 Å². The van der Waals surface area contributed by atoms with E-state index in [1.165, 1.54) is 5.56 Å². The normalized spacial score (nSPS) is 23.4. The van der Waals surface area contributed by atoms with Crippen LogP contribution < -0.4 is 0 Å². The second-order valence-electron chi connectivity index (χ2n) is 4.45. The number of fused-ring (bicyclic) bond motifs is 3. The summed E-state index contributed by atoms with van der Waals surface area (Å²) in [5.41, 5.74) is 3.43. The van der Waals surface area contributed by atoms with E-state index in [-0.39, 0.29) is 5.78 Å². The van der Waals surface area contributed by atoms with Gasteiger partial charge in [-0.25, -0.2) is 0 Å². The van der Waals surface area contributed by atoms with E-state index in [1.807, 2.05) is 12.1 Å². The Balaban J connectivity index is 2.15. The number of nitrogens with zero attached hydrogens (tertiary/aromatic N) is 1. The smallest absolute Gasteiger partial charge is 0.154 e. The highest BCUT2D eigenvalue weighted by molar-refractivity contribution is 6.35. The Morgan fingerprint density at radius 2 is 2.25 bits per heavy atom. The third-order valence-electron chi connectivity index (χ3n) is 3.40. The lowest BCUT2D eigenvalue weighted by molar-refractivity contribution is -0.118. The highest BCUT2D eigenvalue weighted by Gasteiger charge is 2.31. The first kappa shape index (κ1) is 10.0. The molecule has 1 aliphatic carbocycles. The largest absolute Gasteiger partial charge is 0.298 e. The quantitative estimate of drug-likeness (QED) is 0.678. The van der Waals surface area contributed by atoms with E-state index < -0.39 is 0 Å². The van der Waals surface area contributed by atoms with Crippen molar-refractivity contribution in [2.75, 3.05) is 6.54 Å². The topological polar surface area (TPSA) is 29.4 Å². The molecule has 0 bridgehead atoms. The van der Waals surface area contributed by atoms with Crippen LogP contribution in [0, 0.1) is 5.92 Å². The highest BCUT2D eigenvalue weighted by atomic mass is 35.5. The Morgan fingerprint density at radius 3 is 3.12 bits per heavy atom. The van der Waals surface area contributed by atoms with Crippen LogP contribution in [-0.4, -0.2) is 18.0 Å². The van der Waals surface area contributed by atoms with Gasteiger partial charge in [-0.15, -0.1) is 0 Å². The zero-order valence-corrected chi connectivity index (χ0v) is 9.63. The molecule has 3 heteroatoms. The molecule has 2 nitrogen and oxygen atoms in total. The molecule has 1 unspecified atom stereocenters. The van der Waals surface area contributed by atoms with E-state index in [1.54, 1.807) is 0 Å². The third-order valence-corrected chi connectivity index (χ3v) is 3.72. The highest BCUT2D eigenvalue weighted by Crippen LogP contribution is 2.34. The number of aliphatic imine (C=N–C) groups is 1. The van der Waals surface area contributed by atoms with E-state index in [0.29, 0.717) is 18.9 Å². The Kier molecular flexibility index (Phi) is 2.32. The number of Topliss-reactive ketones (excluding diaryl/α,β-unsaturated/α-hetero) is 1. The van der Waals surface area contributed by atoms with Crippen LogP contribution >= 0.6 is 11.6 Å². The molecule has 1 aromatic carbocycles. The summed E-state index contributed by atoms with van der Waals surface area (Å²) in [6.07, 6.45) is 2.67. The van der Waals surface area contributed by atoms with Crippen molar-refractivity contribution in [1.82, 2.24) is 0 Å². The van der Waals surface area contributed by atoms with Crippen LogP contribution in [0.25, 0.3) is 0 Å². The van der Waals surface area contributed by atoms with E-state index in [0.717, 1.165) is 29.1 Å². The lowest BCUT2D eigenvalue weighted by Gasteiger charge is -2.29. The Morgan fingerprint density at radius 1 is 1.38 bits per heavy atom. The van der Waals surface area contributed by atoms with Gasteiger partial charge in [0, 0.05) is 28.6 Å². The maximum Gasteiger partial charge on any atom is 0.154 e. The molecule has 1 aromatic rings. The summed E-state index contributed by atoms with van der Waals surface area (Å²) in [5.74, 6) is 0.554. The molecule has 2 aliphatic rings. The zero-order chi connectivity index (χ0) is 11.1. The summed E-state index contributed by atoms with van der Waals surface area (Å²) in [6, 6.07) is 5.99. The summed E-state index contributed by atoms with van der Waals surface area (Å²) >= 11 is 6.23. The first-order valence-corrected chi connectivity index (χ1v) is 5.97. The monoisotopic (exact) mass is 233 g/mol. The Hall–Kier alpha value is -1.15. The molecule has 0 radical (unpaired) electrons. The van der Waals surface area contributed by atoms with Gasteiger partial charge in [-0.2, -0.15) is 0 Å². The minimum absolute atomic E-state index is 0.254. The molecular weight excluding hydrogens is 222 g/mol. The van der Waals surface area contributed by atoms with Gasteiger partial charge >= 0.3 is 0 Å². The van der Waals surface area contributed by atoms with Gasteiger partial charge in [0.15, 0.2) is 5.78 Å². The average molecular weight is 234 g/mol. The third kappa shape index (κ3) is 1.49. The molecular formula is C13H12ClNO.